The van der Waals surface area contributed by atoms with E-state index in [-0.39, 0.29) is 0 Å². The molecule has 0 aliphatic carbocycles. The molecule has 0 amide bonds. The molecule has 0 bridgehead atoms. The van der Waals surface area contributed by atoms with E-state index in [1.807, 2.05) is 36.4 Å². The molecular formula is C15H13NS. The highest BCUT2D eigenvalue weighted by atomic mass is 32.2. The molecule has 0 fully saturated rings. The van der Waals surface area contributed by atoms with Gasteiger partial charge < -0.3 is 0 Å². The SMILES string of the molecule is N#CCc1ccccc1CSc1ccccc1. The maximum Gasteiger partial charge on any atom is 0.0669 e. The van der Waals surface area contributed by atoms with Crippen LogP contribution in [0.1, 0.15) is 11.1 Å². The second-order valence-electron chi connectivity index (χ2n) is 3.71. The molecule has 0 aliphatic heterocycles. The van der Waals surface area contributed by atoms with Crippen molar-refractivity contribution >= 4 is 11.8 Å². The van der Waals surface area contributed by atoms with Crippen LogP contribution < -0.4 is 0 Å². The maximum absolute atomic E-state index is 8.77. The second kappa shape index (κ2) is 6.12. The fourth-order valence-corrected chi connectivity index (χ4v) is 2.59. The van der Waals surface area contributed by atoms with Crippen LogP contribution in [0.15, 0.2) is 59.5 Å². The van der Waals surface area contributed by atoms with Gasteiger partial charge in [-0.3, -0.25) is 0 Å². The fourth-order valence-electron chi connectivity index (χ4n) is 1.63. The lowest BCUT2D eigenvalue weighted by Gasteiger charge is -2.06. The van der Waals surface area contributed by atoms with Crippen LogP contribution in [-0.4, -0.2) is 0 Å². The lowest BCUT2D eigenvalue weighted by molar-refractivity contribution is 1.20. The minimum Gasteiger partial charge on any atom is -0.198 e. The van der Waals surface area contributed by atoms with Crippen LogP contribution in [-0.2, 0) is 12.2 Å². The molecule has 0 saturated carbocycles. The summed E-state index contributed by atoms with van der Waals surface area (Å²) in [6.45, 7) is 0. The third-order valence-electron chi connectivity index (χ3n) is 2.53. The van der Waals surface area contributed by atoms with Crippen LogP contribution in [0.5, 0.6) is 0 Å². The van der Waals surface area contributed by atoms with Crippen molar-refractivity contribution in [3.05, 3.63) is 65.7 Å². The van der Waals surface area contributed by atoms with Crippen molar-refractivity contribution in [2.75, 3.05) is 0 Å². The zero-order valence-corrected chi connectivity index (χ0v) is 10.3. The molecule has 0 radical (unpaired) electrons. The average Bonchev–Trinajstić information content (AvgIpc) is 2.39. The van der Waals surface area contributed by atoms with Gasteiger partial charge in [-0.1, -0.05) is 42.5 Å². The molecule has 0 heterocycles. The third-order valence-corrected chi connectivity index (χ3v) is 3.59. The van der Waals surface area contributed by atoms with Crippen LogP contribution in [0.4, 0.5) is 0 Å². The Morgan fingerprint density at radius 2 is 1.53 bits per heavy atom. The van der Waals surface area contributed by atoms with Gasteiger partial charge in [-0.05, 0) is 23.3 Å². The summed E-state index contributed by atoms with van der Waals surface area (Å²) in [5, 5.41) is 8.77. The standard InChI is InChI=1S/C15H13NS/c16-11-10-13-6-4-5-7-14(13)12-17-15-8-2-1-3-9-15/h1-9H,10,12H2. The molecule has 1 nitrogen and oxygen atoms in total. The van der Waals surface area contributed by atoms with Crippen molar-refractivity contribution < 1.29 is 0 Å². The van der Waals surface area contributed by atoms with Crippen LogP contribution in [0, 0.1) is 11.3 Å². The number of nitrogens with zero attached hydrogens (tertiary/aromatic N) is 1. The molecule has 2 heteroatoms. The zero-order chi connectivity index (χ0) is 11.9. The minimum atomic E-state index is 0.492. The first-order chi connectivity index (χ1) is 8.40. The third kappa shape index (κ3) is 3.37. The summed E-state index contributed by atoms with van der Waals surface area (Å²) in [4.78, 5) is 1.26. The van der Waals surface area contributed by atoms with E-state index in [9.17, 15) is 0 Å². The summed E-state index contributed by atoms with van der Waals surface area (Å²) in [5.74, 6) is 0.919. The number of rotatable bonds is 4. The molecule has 17 heavy (non-hydrogen) atoms. The zero-order valence-electron chi connectivity index (χ0n) is 9.47. The molecule has 0 unspecified atom stereocenters. The van der Waals surface area contributed by atoms with Gasteiger partial charge in [-0.15, -0.1) is 11.8 Å². The summed E-state index contributed by atoms with van der Waals surface area (Å²) in [6, 6.07) is 20.7. The number of hydrogen-bond acceptors (Lipinski definition) is 2. The predicted molar refractivity (Wildman–Crippen MR) is 71.8 cm³/mol. The molecule has 2 rings (SSSR count). The van der Waals surface area contributed by atoms with E-state index in [2.05, 4.69) is 24.3 Å². The van der Waals surface area contributed by atoms with E-state index < -0.39 is 0 Å². The smallest absolute Gasteiger partial charge is 0.0669 e. The van der Waals surface area contributed by atoms with Gasteiger partial charge in [0.05, 0.1) is 12.5 Å². The van der Waals surface area contributed by atoms with Gasteiger partial charge in [-0.25, -0.2) is 0 Å². The molecule has 2 aromatic rings. The Balaban J connectivity index is 2.07. The number of hydrogen-bond donors (Lipinski definition) is 0. The summed E-state index contributed by atoms with van der Waals surface area (Å²) < 4.78 is 0. The van der Waals surface area contributed by atoms with Crippen molar-refractivity contribution in [2.45, 2.75) is 17.1 Å². The highest BCUT2D eigenvalue weighted by molar-refractivity contribution is 7.98. The van der Waals surface area contributed by atoms with Gasteiger partial charge in [0, 0.05) is 10.6 Å². The van der Waals surface area contributed by atoms with E-state index in [1.54, 1.807) is 11.8 Å². The van der Waals surface area contributed by atoms with Gasteiger partial charge in [-0.2, -0.15) is 5.26 Å². The monoisotopic (exact) mass is 239 g/mol. The van der Waals surface area contributed by atoms with Gasteiger partial charge in [0.2, 0.25) is 0 Å². The molecule has 0 saturated heterocycles. The molecule has 0 atom stereocenters. The van der Waals surface area contributed by atoms with E-state index in [0.717, 1.165) is 11.3 Å². The Morgan fingerprint density at radius 1 is 0.882 bits per heavy atom. The first kappa shape index (κ1) is 11.8. The Kier molecular flexibility index (Phi) is 4.23. The number of benzene rings is 2. The molecule has 0 aliphatic rings. The Morgan fingerprint density at radius 3 is 2.24 bits per heavy atom. The average molecular weight is 239 g/mol. The van der Waals surface area contributed by atoms with Gasteiger partial charge in [0.15, 0.2) is 0 Å². The van der Waals surface area contributed by atoms with E-state index in [4.69, 9.17) is 5.26 Å². The Hall–Kier alpha value is -1.72. The van der Waals surface area contributed by atoms with E-state index in [0.29, 0.717) is 6.42 Å². The van der Waals surface area contributed by atoms with E-state index in [1.165, 1.54) is 10.5 Å². The number of nitriles is 1. The summed E-state index contributed by atoms with van der Waals surface area (Å²) in [7, 11) is 0. The molecule has 0 aromatic heterocycles. The largest absolute Gasteiger partial charge is 0.198 e. The Bertz CT molecular complexity index is 514. The van der Waals surface area contributed by atoms with Crippen LogP contribution in [0.3, 0.4) is 0 Å². The van der Waals surface area contributed by atoms with E-state index >= 15 is 0 Å². The van der Waals surface area contributed by atoms with Gasteiger partial charge in [0.1, 0.15) is 0 Å². The Labute approximate surface area is 106 Å². The molecule has 0 N–H and O–H groups in total. The molecular weight excluding hydrogens is 226 g/mol. The highest BCUT2D eigenvalue weighted by Gasteiger charge is 2.01. The first-order valence-corrected chi connectivity index (χ1v) is 6.50. The van der Waals surface area contributed by atoms with Crippen molar-refractivity contribution in [2.24, 2.45) is 0 Å². The van der Waals surface area contributed by atoms with Crippen molar-refractivity contribution in [3.8, 4) is 6.07 Å². The van der Waals surface area contributed by atoms with Gasteiger partial charge >= 0.3 is 0 Å². The van der Waals surface area contributed by atoms with Crippen LogP contribution in [0.2, 0.25) is 0 Å². The summed E-state index contributed by atoms with van der Waals surface area (Å²) >= 11 is 1.80. The second-order valence-corrected chi connectivity index (χ2v) is 4.75. The fraction of sp³-hybridized carbons (Fsp3) is 0.133. The summed E-state index contributed by atoms with van der Waals surface area (Å²) in [6.07, 6.45) is 0.492. The topological polar surface area (TPSA) is 23.8 Å². The lowest BCUT2D eigenvalue weighted by Crippen LogP contribution is -1.90. The highest BCUT2D eigenvalue weighted by Crippen LogP contribution is 2.24. The molecule has 0 spiro atoms. The lowest BCUT2D eigenvalue weighted by atomic mass is 10.1. The quantitative estimate of drug-likeness (QED) is 0.752. The first-order valence-electron chi connectivity index (χ1n) is 5.52. The summed E-state index contributed by atoms with van der Waals surface area (Å²) in [5.41, 5.74) is 2.39. The van der Waals surface area contributed by atoms with Crippen molar-refractivity contribution in [1.29, 1.82) is 5.26 Å². The van der Waals surface area contributed by atoms with Crippen LogP contribution in [0.25, 0.3) is 0 Å². The normalized spacial score (nSPS) is 9.82. The maximum atomic E-state index is 8.77. The number of thioether (sulfide) groups is 1. The molecule has 2 aromatic carbocycles. The van der Waals surface area contributed by atoms with Gasteiger partial charge in [0.25, 0.3) is 0 Å². The van der Waals surface area contributed by atoms with Crippen LogP contribution >= 0.6 is 11.8 Å². The van der Waals surface area contributed by atoms with Crippen molar-refractivity contribution in [3.63, 3.8) is 0 Å². The predicted octanol–water partition coefficient (Wildman–Crippen LogP) is 4.04. The minimum absolute atomic E-state index is 0.492. The van der Waals surface area contributed by atoms with Crippen molar-refractivity contribution in [1.82, 2.24) is 0 Å². The molecule has 84 valence electrons.